The third-order valence-electron chi connectivity index (χ3n) is 6.00. The fraction of sp³-hybridized carbons (Fsp3) is 0.417. The van der Waals surface area contributed by atoms with E-state index < -0.39 is 23.2 Å². The molecular formula is C24H24F5N5O3. The lowest BCUT2D eigenvalue weighted by Crippen LogP contribution is -2.25. The van der Waals surface area contributed by atoms with Gasteiger partial charge in [0, 0.05) is 25.0 Å². The van der Waals surface area contributed by atoms with Crippen molar-refractivity contribution >= 4 is 29.1 Å². The zero-order valence-electron chi connectivity index (χ0n) is 20.2. The Bertz CT molecular complexity index is 1330. The highest BCUT2D eigenvalue weighted by atomic mass is 19.4. The van der Waals surface area contributed by atoms with Crippen molar-refractivity contribution in [3.63, 3.8) is 0 Å². The molecular weight excluding hydrogens is 501 g/mol. The highest BCUT2D eigenvalue weighted by molar-refractivity contribution is 5.91. The number of pyridine rings is 1. The molecule has 13 heteroatoms. The molecule has 1 N–H and O–H groups in total. The second kappa shape index (κ2) is 9.69. The molecule has 1 saturated carbocycles. The topological polar surface area (TPSA) is 90.8 Å². The minimum Gasteiger partial charge on any atom is -0.493 e. The first-order valence-corrected chi connectivity index (χ1v) is 11.1. The Morgan fingerprint density at radius 1 is 1.05 bits per heavy atom. The number of methoxy groups -OCH3 is 2. The number of halogens is 5. The van der Waals surface area contributed by atoms with Gasteiger partial charge in [0.1, 0.15) is 23.9 Å². The molecule has 3 aromatic rings. The van der Waals surface area contributed by atoms with Gasteiger partial charge in [0.25, 0.3) is 5.92 Å². The molecule has 1 atom stereocenters. The Morgan fingerprint density at radius 2 is 1.78 bits per heavy atom. The number of benzene rings is 1. The van der Waals surface area contributed by atoms with Crippen molar-refractivity contribution in [1.82, 2.24) is 15.0 Å². The van der Waals surface area contributed by atoms with Gasteiger partial charge in [0.05, 0.1) is 42.6 Å². The van der Waals surface area contributed by atoms with Crippen LogP contribution in [-0.2, 0) is 17.5 Å². The lowest BCUT2D eigenvalue weighted by atomic mass is 10.1. The first-order valence-electron chi connectivity index (χ1n) is 11.1. The van der Waals surface area contributed by atoms with E-state index in [-0.39, 0.29) is 54.9 Å². The van der Waals surface area contributed by atoms with Crippen LogP contribution in [0.1, 0.15) is 23.6 Å². The number of aryl methyl sites for hydroxylation is 1. The van der Waals surface area contributed by atoms with Crippen molar-refractivity contribution in [1.29, 1.82) is 0 Å². The minimum absolute atomic E-state index is 0.0186. The van der Waals surface area contributed by atoms with Gasteiger partial charge in [-0.15, -0.1) is 0 Å². The Kier molecular flexibility index (Phi) is 6.93. The van der Waals surface area contributed by atoms with E-state index in [9.17, 15) is 22.0 Å². The van der Waals surface area contributed by atoms with Crippen LogP contribution >= 0.6 is 0 Å². The fourth-order valence-electron chi connectivity index (χ4n) is 3.96. The van der Waals surface area contributed by atoms with Crippen molar-refractivity contribution in [3.8, 4) is 11.5 Å². The van der Waals surface area contributed by atoms with Crippen LogP contribution in [-0.4, -0.2) is 55.0 Å². The molecule has 2 aromatic heterocycles. The number of ether oxygens (including phenoxy) is 3. The Hall–Kier alpha value is -3.61. The molecule has 0 radical (unpaired) electrons. The summed E-state index contributed by atoms with van der Waals surface area (Å²) in [5.74, 6) is -1.79. The summed E-state index contributed by atoms with van der Waals surface area (Å²) in [7, 11) is 2.75. The lowest BCUT2D eigenvalue weighted by Gasteiger charge is -2.19. The molecule has 1 aliphatic rings. The molecule has 0 amide bonds. The second-order valence-electron chi connectivity index (χ2n) is 8.73. The lowest BCUT2D eigenvalue weighted by molar-refractivity contribution is -0.141. The van der Waals surface area contributed by atoms with Gasteiger partial charge in [-0.05, 0) is 31.8 Å². The summed E-state index contributed by atoms with van der Waals surface area (Å²) in [6.45, 7) is 4.33. The first-order chi connectivity index (χ1) is 17.4. The van der Waals surface area contributed by atoms with Crippen LogP contribution in [0, 0.1) is 12.3 Å². The van der Waals surface area contributed by atoms with Crippen LogP contribution in [0.3, 0.4) is 0 Å². The third-order valence-corrected chi connectivity index (χ3v) is 6.00. The monoisotopic (exact) mass is 525 g/mol. The Balaban J connectivity index is 1.65. The number of anilines is 1. The SMILES string of the molecule is C=Nc1cc(CNc2nc(C)nc3cc(OC)c(OCC4(COC)CC4(F)F)cc23)nc(C(F)(F)F)c1. The molecule has 0 saturated heterocycles. The number of alkyl halides is 5. The van der Waals surface area contributed by atoms with Crippen molar-refractivity contribution in [2.75, 3.05) is 32.8 Å². The van der Waals surface area contributed by atoms with Crippen molar-refractivity contribution in [3.05, 3.63) is 41.5 Å². The van der Waals surface area contributed by atoms with Gasteiger partial charge in [-0.2, -0.15) is 13.2 Å². The molecule has 4 rings (SSSR count). The van der Waals surface area contributed by atoms with Crippen LogP contribution < -0.4 is 14.8 Å². The molecule has 1 aliphatic carbocycles. The molecule has 0 spiro atoms. The third kappa shape index (κ3) is 5.41. The van der Waals surface area contributed by atoms with Crippen molar-refractivity contribution < 1.29 is 36.2 Å². The Labute approximate surface area is 208 Å². The van der Waals surface area contributed by atoms with E-state index in [2.05, 4.69) is 32.0 Å². The van der Waals surface area contributed by atoms with Crippen LogP contribution in [0.4, 0.5) is 33.5 Å². The summed E-state index contributed by atoms with van der Waals surface area (Å²) in [5, 5.41) is 3.42. The summed E-state index contributed by atoms with van der Waals surface area (Å²) in [6.07, 6.45) is -5.01. The van der Waals surface area contributed by atoms with E-state index in [0.29, 0.717) is 16.7 Å². The van der Waals surface area contributed by atoms with Crippen LogP contribution in [0.25, 0.3) is 10.9 Å². The summed E-state index contributed by atoms with van der Waals surface area (Å²) >= 11 is 0. The molecule has 37 heavy (non-hydrogen) atoms. The van der Waals surface area contributed by atoms with Gasteiger partial charge in [-0.25, -0.2) is 23.7 Å². The summed E-state index contributed by atoms with van der Waals surface area (Å²) in [6, 6.07) is 5.28. The first kappa shape index (κ1) is 26.5. The number of aromatic nitrogens is 3. The van der Waals surface area contributed by atoms with Gasteiger partial charge in [0.15, 0.2) is 11.5 Å². The molecule has 8 nitrogen and oxygen atoms in total. The van der Waals surface area contributed by atoms with E-state index in [4.69, 9.17) is 14.2 Å². The fourth-order valence-corrected chi connectivity index (χ4v) is 3.96. The van der Waals surface area contributed by atoms with E-state index in [1.54, 1.807) is 13.0 Å². The Morgan fingerprint density at radius 3 is 2.38 bits per heavy atom. The average molecular weight is 525 g/mol. The van der Waals surface area contributed by atoms with E-state index in [0.717, 1.165) is 6.07 Å². The second-order valence-corrected chi connectivity index (χ2v) is 8.73. The maximum absolute atomic E-state index is 14.0. The summed E-state index contributed by atoms with van der Waals surface area (Å²) in [5.41, 5.74) is -2.00. The van der Waals surface area contributed by atoms with Crippen molar-refractivity contribution in [2.45, 2.75) is 32.0 Å². The zero-order valence-corrected chi connectivity index (χ0v) is 20.2. The number of rotatable bonds is 10. The zero-order chi connectivity index (χ0) is 27.0. The number of nitrogens with zero attached hydrogens (tertiary/aromatic N) is 4. The highest BCUT2D eigenvalue weighted by Gasteiger charge is 2.71. The quantitative estimate of drug-likeness (QED) is 0.282. The molecule has 198 valence electrons. The number of aliphatic imine (C=N–C) groups is 1. The van der Waals surface area contributed by atoms with Gasteiger partial charge >= 0.3 is 6.18 Å². The number of fused-ring (bicyclic) bond motifs is 1. The number of hydrogen-bond acceptors (Lipinski definition) is 8. The molecule has 1 fully saturated rings. The van der Waals surface area contributed by atoms with Crippen LogP contribution in [0.15, 0.2) is 29.3 Å². The summed E-state index contributed by atoms with van der Waals surface area (Å²) < 4.78 is 83.8. The molecule has 0 aliphatic heterocycles. The highest BCUT2D eigenvalue weighted by Crippen LogP contribution is 2.60. The van der Waals surface area contributed by atoms with Gasteiger partial charge in [-0.1, -0.05) is 0 Å². The molecule has 1 unspecified atom stereocenters. The predicted octanol–water partition coefficient (Wildman–Crippen LogP) is 5.36. The normalized spacial score (nSPS) is 18.5. The smallest absolute Gasteiger partial charge is 0.433 e. The maximum atomic E-state index is 14.0. The standard InChI is InChI=1S/C24H24F5N5O3/c1-13-32-17-8-18(36-4)19(37-12-22(11-35-3)10-23(22,25)26)7-16(17)21(33-13)31-9-15-5-14(30-2)6-20(34-15)24(27,28)29/h5-8H,2,9-12H2,1,3-4H3,(H,31,32,33). The maximum Gasteiger partial charge on any atom is 0.433 e. The molecule has 2 heterocycles. The minimum atomic E-state index is -4.66. The van der Waals surface area contributed by atoms with Gasteiger partial charge in [0.2, 0.25) is 0 Å². The van der Waals surface area contributed by atoms with Crippen molar-refractivity contribution in [2.24, 2.45) is 10.4 Å². The van der Waals surface area contributed by atoms with Crippen LogP contribution in [0.2, 0.25) is 0 Å². The average Bonchev–Trinajstić information content (AvgIpc) is 3.39. The number of nitrogens with one attached hydrogen (secondary N) is 1. The molecule has 1 aromatic carbocycles. The number of hydrogen-bond donors (Lipinski definition) is 1. The summed E-state index contributed by atoms with van der Waals surface area (Å²) in [4.78, 5) is 16.0. The van der Waals surface area contributed by atoms with Gasteiger partial charge < -0.3 is 19.5 Å². The van der Waals surface area contributed by atoms with E-state index in [1.165, 1.54) is 26.4 Å². The van der Waals surface area contributed by atoms with E-state index in [1.807, 2.05) is 0 Å². The van der Waals surface area contributed by atoms with E-state index >= 15 is 0 Å². The predicted molar refractivity (Wildman–Crippen MR) is 126 cm³/mol. The van der Waals surface area contributed by atoms with Crippen LogP contribution in [0.5, 0.6) is 11.5 Å². The largest absolute Gasteiger partial charge is 0.493 e. The molecule has 0 bridgehead atoms. The van der Waals surface area contributed by atoms with Gasteiger partial charge in [-0.3, -0.25) is 4.99 Å².